The molecule has 0 aliphatic heterocycles. The van der Waals surface area contributed by atoms with Crippen molar-refractivity contribution in [3.63, 3.8) is 0 Å². The SMILES string of the molecule is Cc1cc(Cl)ccc1OCC(=O)NCCc1c[nH]c2ccccc12. The van der Waals surface area contributed by atoms with Gasteiger partial charge in [-0.05, 0) is 48.7 Å². The van der Waals surface area contributed by atoms with Crippen LogP contribution in [0.25, 0.3) is 10.9 Å². The number of rotatable bonds is 6. The van der Waals surface area contributed by atoms with Crippen LogP contribution in [-0.2, 0) is 11.2 Å². The van der Waals surface area contributed by atoms with Crippen LogP contribution in [0, 0.1) is 6.92 Å². The molecule has 1 aromatic heterocycles. The summed E-state index contributed by atoms with van der Waals surface area (Å²) in [5.41, 5.74) is 3.22. The Morgan fingerprint density at radius 1 is 1.25 bits per heavy atom. The van der Waals surface area contributed by atoms with Gasteiger partial charge in [-0.25, -0.2) is 0 Å². The summed E-state index contributed by atoms with van der Waals surface area (Å²) in [6, 6.07) is 13.5. The zero-order valence-corrected chi connectivity index (χ0v) is 14.2. The molecule has 0 bridgehead atoms. The number of nitrogens with one attached hydrogen (secondary N) is 2. The molecule has 5 heteroatoms. The maximum absolute atomic E-state index is 11.9. The van der Waals surface area contributed by atoms with Crippen LogP contribution in [0.15, 0.2) is 48.7 Å². The molecule has 4 nitrogen and oxygen atoms in total. The molecular weight excluding hydrogens is 324 g/mol. The van der Waals surface area contributed by atoms with Gasteiger partial charge >= 0.3 is 0 Å². The number of ether oxygens (including phenoxy) is 1. The summed E-state index contributed by atoms with van der Waals surface area (Å²) in [5, 5.41) is 4.73. The summed E-state index contributed by atoms with van der Waals surface area (Å²) >= 11 is 5.90. The second-order valence-corrected chi connectivity index (χ2v) is 6.09. The summed E-state index contributed by atoms with van der Waals surface area (Å²) in [6.45, 7) is 2.47. The molecule has 2 aromatic carbocycles. The van der Waals surface area contributed by atoms with E-state index in [0.29, 0.717) is 17.3 Å². The number of hydrogen-bond donors (Lipinski definition) is 2. The number of halogens is 1. The molecule has 0 saturated heterocycles. The lowest BCUT2D eigenvalue weighted by Gasteiger charge is -2.09. The number of aryl methyl sites for hydroxylation is 1. The van der Waals surface area contributed by atoms with Crippen molar-refractivity contribution in [2.45, 2.75) is 13.3 Å². The van der Waals surface area contributed by atoms with Crippen molar-refractivity contribution in [1.82, 2.24) is 10.3 Å². The van der Waals surface area contributed by atoms with Crippen LogP contribution in [0.2, 0.25) is 5.02 Å². The minimum Gasteiger partial charge on any atom is -0.484 e. The Morgan fingerprint density at radius 2 is 2.08 bits per heavy atom. The minimum atomic E-state index is -0.135. The van der Waals surface area contributed by atoms with Crippen LogP contribution in [-0.4, -0.2) is 24.0 Å². The van der Waals surface area contributed by atoms with Gasteiger partial charge in [0.1, 0.15) is 5.75 Å². The normalized spacial score (nSPS) is 10.8. The molecule has 0 unspecified atom stereocenters. The smallest absolute Gasteiger partial charge is 0.257 e. The van der Waals surface area contributed by atoms with Gasteiger partial charge in [0.05, 0.1) is 0 Å². The maximum atomic E-state index is 11.9. The van der Waals surface area contributed by atoms with Gasteiger partial charge < -0.3 is 15.0 Å². The summed E-state index contributed by atoms with van der Waals surface area (Å²) < 4.78 is 5.53. The second kappa shape index (κ2) is 7.41. The Morgan fingerprint density at radius 3 is 2.92 bits per heavy atom. The summed E-state index contributed by atoms with van der Waals surface area (Å²) in [4.78, 5) is 15.2. The highest BCUT2D eigenvalue weighted by atomic mass is 35.5. The Kier molecular flexibility index (Phi) is 5.06. The molecule has 0 fully saturated rings. The highest BCUT2D eigenvalue weighted by Gasteiger charge is 2.07. The van der Waals surface area contributed by atoms with E-state index in [0.717, 1.165) is 17.5 Å². The van der Waals surface area contributed by atoms with Gasteiger partial charge in [0.25, 0.3) is 5.91 Å². The van der Waals surface area contributed by atoms with E-state index in [4.69, 9.17) is 16.3 Å². The van der Waals surface area contributed by atoms with Gasteiger partial charge in [-0.3, -0.25) is 4.79 Å². The lowest BCUT2D eigenvalue weighted by molar-refractivity contribution is -0.123. The van der Waals surface area contributed by atoms with Crippen molar-refractivity contribution in [3.8, 4) is 5.75 Å². The zero-order valence-electron chi connectivity index (χ0n) is 13.4. The number of H-pyrrole nitrogens is 1. The van der Waals surface area contributed by atoms with E-state index in [-0.39, 0.29) is 12.5 Å². The first-order valence-electron chi connectivity index (χ1n) is 7.84. The lowest BCUT2D eigenvalue weighted by Crippen LogP contribution is -2.30. The van der Waals surface area contributed by atoms with Crippen LogP contribution >= 0.6 is 11.6 Å². The fourth-order valence-electron chi connectivity index (χ4n) is 2.64. The third-order valence-electron chi connectivity index (χ3n) is 3.89. The molecule has 0 atom stereocenters. The molecular formula is C19H19ClN2O2. The molecule has 0 aliphatic carbocycles. The second-order valence-electron chi connectivity index (χ2n) is 5.66. The monoisotopic (exact) mass is 342 g/mol. The van der Waals surface area contributed by atoms with Gasteiger partial charge in [-0.15, -0.1) is 0 Å². The number of aromatic nitrogens is 1. The van der Waals surface area contributed by atoms with Crippen molar-refractivity contribution in [2.24, 2.45) is 0 Å². The zero-order chi connectivity index (χ0) is 16.9. The molecule has 124 valence electrons. The number of carbonyl (C=O) groups excluding carboxylic acids is 1. The molecule has 2 N–H and O–H groups in total. The topological polar surface area (TPSA) is 54.1 Å². The first-order chi connectivity index (χ1) is 11.6. The van der Waals surface area contributed by atoms with Gasteiger partial charge in [-0.2, -0.15) is 0 Å². The van der Waals surface area contributed by atoms with Gasteiger partial charge in [0.15, 0.2) is 6.61 Å². The number of hydrogen-bond acceptors (Lipinski definition) is 2. The summed E-state index contributed by atoms with van der Waals surface area (Å²) in [7, 11) is 0. The number of benzene rings is 2. The number of carbonyl (C=O) groups is 1. The number of fused-ring (bicyclic) bond motifs is 1. The first kappa shape index (κ1) is 16.4. The van der Waals surface area contributed by atoms with Crippen molar-refractivity contribution in [3.05, 3.63) is 64.8 Å². The standard InChI is InChI=1S/C19H19ClN2O2/c1-13-10-15(20)6-7-18(13)24-12-19(23)21-9-8-14-11-22-17-5-3-2-4-16(14)17/h2-7,10-11,22H,8-9,12H2,1H3,(H,21,23). The van der Waals surface area contributed by atoms with Crippen LogP contribution in [0.5, 0.6) is 5.75 Å². The Hall–Kier alpha value is -2.46. The van der Waals surface area contributed by atoms with Crippen LogP contribution in [0.1, 0.15) is 11.1 Å². The fourth-order valence-corrected chi connectivity index (χ4v) is 2.87. The summed E-state index contributed by atoms with van der Waals surface area (Å²) in [5.74, 6) is 0.537. The third-order valence-corrected chi connectivity index (χ3v) is 4.12. The highest BCUT2D eigenvalue weighted by molar-refractivity contribution is 6.30. The van der Waals surface area contributed by atoms with E-state index in [2.05, 4.69) is 16.4 Å². The van der Waals surface area contributed by atoms with Crippen molar-refractivity contribution in [1.29, 1.82) is 0 Å². The van der Waals surface area contributed by atoms with E-state index in [1.54, 1.807) is 12.1 Å². The molecule has 3 aromatic rings. The van der Waals surface area contributed by atoms with E-state index >= 15 is 0 Å². The van der Waals surface area contributed by atoms with Crippen LogP contribution in [0.4, 0.5) is 0 Å². The molecule has 0 radical (unpaired) electrons. The summed E-state index contributed by atoms with van der Waals surface area (Å²) in [6.07, 6.45) is 2.76. The molecule has 24 heavy (non-hydrogen) atoms. The average molecular weight is 343 g/mol. The number of amides is 1. The van der Waals surface area contributed by atoms with E-state index in [9.17, 15) is 4.79 Å². The molecule has 0 spiro atoms. The quantitative estimate of drug-likeness (QED) is 0.714. The van der Waals surface area contributed by atoms with Gasteiger partial charge in [0, 0.05) is 28.7 Å². The van der Waals surface area contributed by atoms with Crippen LogP contribution < -0.4 is 10.1 Å². The Balaban J connectivity index is 1.47. The molecule has 0 saturated carbocycles. The molecule has 1 amide bonds. The third kappa shape index (κ3) is 3.89. The van der Waals surface area contributed by atoms with Gasteiger partial charge in [-0.1, -0.05) is 29.8 Å². The molecule has 1 heterocycles. The Labute approximate surface area is 145 Å². The van der Waals surface area contributed by atoms with Crippen molar-refractivity contribution in [2.75, 3.05) is 13.2 Å². The van der Waals surface area contributed by atoms with E-state index < -0.39 is 0 Å². The first-order valence-corrected chi connectivity index (χ1v) is 8.22. The van der Waals surface area contributed by atoms with Crippen LogP contribution in [0.3, 0.4) is 0 Å². The highest BCUT2D eigenvalue weighted by Crippen LogP contribution is 2.21. The van der Waals surface area contributed by atoms with E-state index in [1.165, 1.54) is 10.9 Å². The van der Waals surface area contributed by atoms with E-state index in [1.807, 2.05) is 37.4 Å². The lowest BCUT2D eigenvalue weighted by atomic mass is 10.1. The Bertz CT molecular complexity index is 857. The predicted molar refractivity (Wildman–Crippen MR) is 96.7 cm³/mol. The van der Waals surface area contributed by atoms with Crippen molar-refractivity contribution < 1.29 is 9.53 Å². The molecule has 0 aliphatic rings. The fraction of sp³-hybridized carbons (Fsp3) is 0.211. The predicted octanol–water partition coefficient (Wildman–Crippen LogP) is 3.87. The average Bonchev–Trinajstić information content (AvgIpc) is 2.97. The van der Waals surface area contributed by atoms with Crippen molar-refractivity contribution >= 4 is 28.4 Å². The number of para-hydroxylation sites is 1. The molecule has 3 rings (SSSR count). The minimum absolute atomic E-state index is 0.00361. The maximum Gasteiger partial charge on any atom is 0.257 e. The number of aromatic amines is 1. The van der Waals surface area contributed by atoms with Gasteiger partial charge in [0.2, 0.25) is 0 Å². The largest absolute Gasteiger partial charge is 0.484 e.